The number of amides is 1. The van der Waals surface area contributed by atoms with E-state index in [9.17, 15) is 4.79 Å². The molecule has 28 heavy (non-hydrogen) atoms. The third-order valence-corrected chi connectivity index (χ3v) is 4.71. The number of hydrogen-bond donors (Lipinski definition) is 0. The Kier molecular flexibility index (Phi) is 7.93. The van der Waals surface area contributed by atoms with Gasteiger partial charge in [0, 0.05) is 18.7 Å². The highest BCUT2D eigenvalue weighted by molar-refractivity contribution is 5.92. The van der Waals surface area contributed by atoms with Gasteiger partial charge in [-0.1, -0.05) is 37.3 Å². The van der Waals surface area contributed by atoms with Crippen LogP contribution in [-0.2, 0) is 11.3 Å². The molecule has 0 fully saturated rings. The molecule has 1 amide bonds. The molecule has 1 unspecified atom stereocenters. The van der Waals surface area contributed by atoms with Crippen molar-refractivity contribution in [2.75, 3.05) is 21.3 Å². The highest BCUT2D eigenvalue weighted by Crippen LogP contribution is 2.38. The van der Waals surface area contributed by atoms with E-state index in [-0.39, 0.29) is 11.9 Å². The Morgan fingerprint density at radius 1 is 1.04 bits per heavy atom. The first kappa shape index (κ1) is 21.4. The number of ether oxygens (including phenoxy) is 3. The van der Waals surface area contributed by atoms with Crippen molar-refractivity contribution in [3.63, 3.8) is 0 Å². The zero-order chi connectivity index (χ0) is 20.5. The van der Waals surface area contributed by atoms with Crippen molar-refractivity contribution < 1.29 is 19.0 Å². The van der Waals surface area contributed by atoms with Crippen molar-refractivity contribution >= 4 is 12.0 Å². The molecule has 0 heterocycles. The number of benzene rings is 2. The summed E-state index contributed by atoms with van der Waals surface area (Å²) in [5.41, 5.74) is 1.91. The first-order valence-electron chi connectivity index (χ1n) is 9.36. The van der Waals surface area contributed by atoms with Gasteiger partial charge in [-0.15, -0.1) is 0 Å². The lowest BCUT2D eigenvalue weighted by atomic mass is 10.1. The minimum atomic E-state index is -0.0352. The van der Waals surface area contributed by atoms with Crippen molar-refractivity contribution in [3.05, 3.63) is 59.7 Å². The molecule has 0 bridgehead atoms. The molecule has 2 aromatic carbocycles. The van der Waals surface area contributed by atoms with Crippen LogP contribution in [0, 0.1) is 0 Å². The van der Waals surface area contributed by atoms with E-state index in [1.165, 1.54) is 0 Å². The molecule has 0 aliphatic rings. The normalized spacial score (nSPS) is 11.9. The molecule has 2 aromatic rings. The van der Waals surface area contributed by atoms with Crippen molar-refractivity contribution in [2.45, 2.75) is 32.9 Å². The SMILES string of the molecule is CCC(C)N(Cc1ccccc1)C(=O)/C=C/c1cc(OC)c(OC)c(OC)c1. The first-order valence-corrected chi connectivity index (χ1v) is 9.36. The van der Waals surface area contributed by atoms with E-state index in [2.05, 4.69) is 13.8 Å². The largest absolute Gasteiger partial charge is 0.493 e. The van der Waals surface area contributed by atoms with Crippen LogP contribution in [0.5, 0.6) is 17.2 Å². The molecular formula is C23H29NO4. The molecule has 5 heteroatoms. The fourth-order valence-corrected chi connectivity index (χ4v) is 2.91. The van der Waals surface area contributed by atoms with Crippen LogP contribution >= 0.6 is 0 Å². The molecule has 0 aliphatic heterocycles. The Morgan fingerprint density at radius 2 is 1.64 bits per heavy atom. The van der Waals surface area contributed by atoms with Crippen molar-refractivity contribution in [3.8, 4) is 17.2 Å². The Balaban J connectivity index is 2.25. The van der Waals surface area contributed by atoms with Crippen molar-refractivity contribution in [1.29, 1.82) is 0 Å². The number of carbonyl (C=O) groups is 1. The fourth-order valence-electron chi connectivity index (χ4n) is 2.91. The number of carbonyl (C=O) groups excluding carboxylic acids is 1. The predicted octanol–water partition coefficient (Wildman–Crippen LogP) is 4.55. The Bertz CT molecular complexity index is 776. The highest BCUT2D eigenvalue weighted by Gasteiger charge is 2.17. The average Bonchev–Trinajstić information content (AvgIpc) is 2.74. The zero-order valence-corrected chi connectivity index (χ0v) is 17.3. The van der Waals surface area contributed by atoms with Crippen LogP contribution in [0.4, 0.5) is 0 Å². The Hall–Kier alpha value is -2.95. The van der Waals surface area contributed by atoms with Gasteiger partial charge in [-0.05, 0) is 42.7 Å². The van der Waals surface area contributed by atoms with Gasteiger partial charge in [0.2, 0.25) is 11.7 Å². The lowest BCUT2D eigenvalue weighted by Gasteiger charge is -2.27. The maximum Gasteiger partial charge on any atom is 0.247 e. The quantitative estimate of drug-likeness (QED) is 0.596. The number of hydrogen-bond acceptors (Lipinski definition) is 4. The third kappa shape index (κ3) is 5.28. The van der Waals surface area contributed by atoms with Crippen LogP contribution in [0.3, 0.4) is 0 Å². The summed E-state index contributed by atoms with van der Waals surface area (Å²) in [6.07, 6.45) is 4.25. The van der Waals surface area contributed by atoms with Crippen LogP contribution in [0.2, 0.25) is 0 Å². The molecule has 0 aromatic heterocycles. The minimum absolute atomic E-state index is 0.0352. The number of methoxy groups -OCH3 is 3. The summed E-state index contributed by atoms with van der Waals surface area (Å²) >= 11 is 0. The van der Waals surface area contributed by atoms with Gasteiger partial charge in [-0.2, -0.15) is 0 Å². The molecule has 0 saturated carbocycles. The van der Waals surface area contributed by atoms with Crippen LogP contribution in [-0.4, -0.2) is 38.2 Å². The van der Waals surface area contributed by atoms with E-state index in [4.69, 9.17) is 14.2 Å². The summed E-state index contributed by atoms with van der Waals surface area (Å²) in [5.74, 6) is 1.60. The molecule has 0 N–H and O–H groups in total. The van der Waals surface area contributed by atoms with E-state index < -0.39 is 0 Å². The molecular weight excluding hydrogens is 354 g/mol. The second kappa shape index (κ2) is 10.4. The van der Waals surface area contributed by atoms with E-state index >= 15 is 0 Å². The molecule has 1 atom stereocenters. The second-order valence-electron chi connectivity index (χ2n) is 6.50. The Morgan fingerprint density at radius 3 is 2.14 bits per heavy atom. The molecule has 2 rings (SSSR count). The van der Waals surface area contributed by atoms with Gasteiger partial charge in [0.25, 0.3) is 0 Å². The Labute approximate surface area is 167 Å². The summed E-state index contributed by atoms with van der Waals surface area (Å²) in [6, 6.07) is 13.8. The first-order chi connectivity index (χ1) is 13.5. The lowest BCUT2D eigenvalue weighted by Crippen LogP contribution is -2.36. The standard InChI is InChI=1S/C23H29NO4/c1-6-17(2)24(16-18-10-8-7-9-11-18)22(25)13-12-19-14-20(26-3)23(28-5)21(15-19)27-4/h7-15,17H,6,16H2,1-5H3/b13-12+. The van der Waals surface area contributed by atoms with Gasteiger partial charge in [0.15, 0.2) is 11.5 Å². The maximum absolute atomic E-state index is 12.9. The average molecular weight is 383 g/mol. The van der Waals surface area contributed by atoms with Crippen molar-refractivity contribution in [2.24, 2.45) is 0 Å². The topological polar surface area (TPSA) is 48.0 Å². The monoisotopic (exact) mass is 383 g/mol. The minimum Gasteiger partial charge on any atom is -0.493 e. The summed E-state index contributed by atoms with van der Waals surface area (Å²) in [7, 11) is 4.70. The van der Waals surface area contributed by atoms with Gasteiger partial charge < -0.3 is 19.1 Å². The van der Waals surface area contributed by atoms with Crippen LogP contribution in [0.25, 0.3) is 6.08 Å². The van der Waals surface area contributed by atoms with Gasteiger partial charge in [0.1, 0.15) is 0 Å². The van der Waals surface area contributed by atoms with Gasteiger partial charge in [-0.3, -0.25) is 4.79 Å². The van der Waals surface area contributed by atoms with E-state index in [1.807, 2.05) is 47.4 Å². The smallest absolute Gasteiger partial charge is 0.247 e. The van der Waals surface area contributed by atoms with E-state index in [0.717, 1.165) is 17.5 Å². The van der Waals surface area contributed by atoms with Gasteiger partial charge in [0.05, 0.1) is 21.3 Å². The molecule has 5 nitrogen and oxygen atoms in total. The fraction of sp³-hybridized carbons (Fsp3) is 0.348. The van der Waals surface area contributed by atoms with Crippen LogP contribution < -0.4 is 14.2 Å². The van der Waals surface area contributed by atoms with Crippen LogP contribution in [0.1, 0.15) is 31.4 Å². The summed E-state index contributed by atoms with van der Waals surface area (Å²) < 4.78 is 16.1. The van der Waals surface area contributed by atoms with E-state index in [0.29, 0.717) is 23.8 Å². The lowest BCUT2D eigenvalue weighted by molar-refractivity contribution is -0.128. The third-order valence-electron chi connectivity index (χ3n) is 4.71. The number of nitrogens with zero attached hydrogens (tertiary/aromatic N) is 1. The second-order valence-corrected chi connectivity index (χ2v) is 6.50. The molecule has 0 radical (unpaired) electrons. The summed E-state index contributed by atoms with van der Waals surface area (Å²) in [4.78, 5) is 14.8. The van der Waals surface area contributed by atoms with Gasteiger partial charge in [-0.25, -0.2) is 0 Å². The zero-order valence-electron chi connectivity index (χ0n) is 17.3. The summed E-state index contributed by atoms with van der Waals surface area (Å²) in [5, 5.41) is 0. The molecule has 0 aliphatic carbocycles. The van der Waals surface area contributed by atoms with Crippen molar-refractivity contribution in [1.82, 2.24) is 4.90 Å². The predicted molar refractivity (Wildman–Crippen MR) is 112 cm³/mol. The highest BCUT2D eigenvalue weighted by atomic mass is 16.5. The molecule has 0 spiro atoms. The summed E-state index contributed by atoms with van der Waals surface area (Å²) in [6.45, 7) is 4.72. The van der Waals surface area contributed by atoms with Gasteiger partial charge >= 0.3 is 0 Å². The molecule has 150 valence electrons. The number of rotatable bonds is 9. The van der Waals surface area contributed by atoms with Crippen LogP contribution in [0.15, 0.2) is 48.5 Å². The van der Waals surface area contributed by atoms with E-state index in [1.54, 1.807) is 33.5 Å². The maximum atomic E-state index is 12.9. The molecule has 0 saturated heterocycles.